The number of methoxy groups -OCH3 is 1. The van der Waals surface area contributed by atoms with Crippen molar-refractivity contribution in [2.45, 2.75) is 24.9 Å². The number of amides is 1. The Kier molecular flexibility index (Phi) is 4.57. The monoisotopic (exact) mass is 293 g/mol. The molecule has 5 nitrogen and oxygen atoms in total. The van der Waals surface area contributed by atoms with Gasteiger partial charge in [-0.05, 0) is 30.5 Å². The molecule has 0 unspecified atom stereocenters. The first kappa shape index (κ1) is 15.0. The number of rotatable bonds is 3. The van der Waals surface area contributed by atoms with Crippen LogP contribution in [0.1, 0.15) is 24.4 Å². The van der Waals surface area contributed by atoms with Crippen LogP contribution in [0, 0.1) is 5.82 Å². The van der Waals surface area contributed by atoms with E-state index in [0.29, 0.717) is 18.4 Å². The van der Waals surface area contributed by atoms with E-state index in [0.717, 1.165) is 0 Å². The van der Waals surface area contributed by atoms with E-state index in [1.807, 2.05) is 0 Å². The Hall–Kier alpha value is -2.37. The van der Waals surface area contributed by atoms with Crippen LogP contribution in [0.3, 0.4) is 0 Å². The molecule has 0 aliphatic carbocycles. The number of benzene rings is 1. The Morgan fingerprint density at radius 1 is 1.43 bits per heavy atom. The fourth-order valence-corrected chi connectivity index (χ4v) is 2.60. The molecule has 0 saturated carbocycles. The number of nitrogens with zero attached hydrogens (tertiary/aromatic N) is 1. The van der Waals surface area contributed by atoms with Gasteiger partial charge in [-0.15, -0.1) is 0 Å². The molecule has 1 amide bonds. The molecule has 1 aliphatic heterocycles. The highest BCUT2D eigenvalue weighted by Crippen LogP contribution is 2.36. The van der Waals surface area contributed by atoms with Gasteiger partial charge in [0.05, 0.1) is 19.2 Å². The van der Waals surface area contributed by atoms with E-state index in [2.05, 4.69) is 4.74 Å². The topological polar surface area (TPSA) is 66.8 Å². The lowest BCUT2D eigenvalue weighted by Gasteiger charge is -2.26. The highest BCUT2D eigenvalue weighted by molar-refractivity contribution is 5.82. The van der Waals surface area contributed by atoms with Gasteiger partial charge in [-0.2, -0.15) is 0 Å². The molecule has 0 bridgehead atoms. The van der Waals surface area contributed by atoms with Crippen molar-refractivity contribution in [3.63, 3.8) is 0 Å². The SMILES string of the molecule is COC(=O)/C=C/[C@H]1CC[C@@H](c2cccc(F)c2)N1C(=O)O. The van der Waals surface area contributed by atoms with Crippen LogP contribution in [0.15, 0.2) is 36.4 Å². The van der Waals surface area contributed by atoms with Crippen LogP contribution in [0.2, 0.25) is 0 Å². The van der Waals surface area contributed by atoms with Crippen molar-refractivity contribution in [3.05, 3.63) is 47.8 Å². The van der Waals surface area contributed by atoms with Crippen molar-refractivity contribution in [2.24, 2.45) is 0 Å². The summed E-state index contributed by atoms with van der Waals surface area (Å²) in [6.07, 6.45) is 2.78. The molecule has 112 valence electrons. The fourth-order valence-electron chi connectivity index (χ4n) is 2.60. The largest absolute Gasteiger partial charge is 0.466 e. The Labute approximate surface area is 121 Å². The number of carbonyl (C=O) groups excluding carboxylic acids is 1. The number of carbonyl (C=O) groups is 2. The minimum absolute atomic E-state index is 0.397. The molecule has 1 aromatic carbocycles. The molecule has 1 N–H and O–H groups in total. The van der Waals surface area contributed by atoms with Crippen molar-refractivity contribution in [3.8, 4) is 0 Å². The Balaban J connectivity index is 2.23. The quantitative estimate of drug-likeness (QED) is 0.687. The predicted octanol–water partition coefficient (Wildman–Crippen LogP) is 2.74. The zero-order chi connectivity index (χ0) is 15.4. The van der Waals surface area contributed by atoms with Crippen molar-refractivity contribution in [1.82, 2.24) is 4.90 Å². The first-order valence-corrected chi connectivity index (χ1v) is 6.56. The second-order valence-corrected chi connectivity index (χ2v) is 4.79. The van der Waals surface area contributed by atoms with Crippen LogP contribution < -0.4 is 0 Å². The fraction of sp³-hybridized carbons (Fsp3) is 0.333. The van der Waals surface area contributed by atoms with E-state index in [1.54, 1.807) is 12.1 Å². The smallest absolute Gasteiger partial charge is 0.408 e. The van der Waals surface area contributed by atoms with E-state index >= 15 is 0 Å². The molecule has 1 fully saturated rings. The second-order valence-electron chi connectivity index (χ2n) is 4.79. The normalized spacial score (nSPS) is 21.7. The zero-order valence-corrected chi connectivity index (χ0v) is 11.5. The van der Waals surface area contributed by atoms with E-state index in [4.69, 9.17) is 0 Å². The third kappa shape index (κ3) is 3.39. The molecular weight excluding hydrogens is 277 g/mol. The zero-order valence-electron chi connectivity index (χ0n) is 11.5. The number of likely N-dealkylation sites (tertiary alicyclic amines) is 1. The summed E-state index contributed by atoms with van der Waals surface area (Å²) in [6.45, 7) is 0. The van der Waals surface area contributed by atoms with Gasteiger partial charge < -0.3 is 9.84 Å². The van der Waals surface area contributed by atoms with Crippen LogP contribution in [-0.2, 0) is 9.53 Å². The van der Waals surface area contributed by atoms with E-state index in [1.165, 1.54) is 36.3 Å². The van der Waals surface area contributed by atoms with E-state index in [9.17, 15) is 19.1 Å². The Bertz CT molecular complexity index is 573. The third-order valence-corrected chi connectivity index (χ3v) is 3.54. The molecule has 0 aromatic heterocycles. The van der Waals surface area contributed by atoms with E-state index in [-0.39, 0.29) is 0 Å². The maximum Gasteiger partial charge on any atom is 0.408 e. The average Bonchev–Trinajstić information content (AvgIpc) is 2.88. The Morgan fingerprint density at radius 3 is 2.81 bits per heavy atom. The summed E-state index contributed by atoms with van der Waals surface area (Å²) in [6, 6.07) is 5.09. The number of ether oxygens (including phenoxy) is 1. The maximum atomic E-state index is 13.3. The molecule has 21 heavy (non-hydrogen) atoms. The van der Waals surface area contributed by atoms with Crippen LogP contribution in [0.4, 0.5) is 9.18 Å². The molecule has 2 atom stereocenters. The van der Waals surface area contributed by atoms with Gasteiger partial charge in [-0.25, -0.2) is 14.0 Å². The van der Waals surface area contributed by atoms with Gasteiger partial charge in [0.2, 0.25) is 0 Å². The summed E-state index contributed by atoms with van der Waals surface area (Å²) in [5.41, 5.74) is 0.617. The first-order chi connectivity index (χ1) is 10.0. The lowest BCUT2D eigenvalue weighted by molar-refractivity contribution is -0.134. The summed E-state index contributed by atoms with van der Waals surface area (Å²) in [5.74, 6) is -0.930. The standard InChI is InChI=1S/C15H16FNO4/c1-21-14(18)8-6-12-5-7-13(17(12)15(19)20)10-3-2-4-11(16)9-10/h2-4,6,8-9,12-13H,5,7H2,1H3,(H,19,20)/b8-6+/t12-,13+/m1/s1. The van der Waals surface area contributed by atoms with Gasteiger partial charge in [0.25, 0.3) is 0 Å². The third-order valence-electron chi connectivity index (χ3n) is 3.54. The van der Waals surface area contributed by atoms with Crippen molar-refractivity contribution in [2.75, 3.05) is 7.11 Å². The minimum Gasteiger partial charge on any atom is -0.466 e. The number of hydrogen-bond donors (Lipinski definition) is 1. The van der Waals surface area contributed by atoms with Crippen LogP contribution in [0.25, 0.3) is 0 Å². The second kappa shape index (κ2) is 6.39. The molecule has 1 heterocycles. The molecular formula is C15H16FNO4. The lowest BCUT2D eigenvalue weighted by Crippen LogP contribution is -2.35. The number of esters is 1. The molecule has 0 spiro atoms. The van der Waals surface area contributed by atoms with Crippen LogP contribution in [0.5, 0.6) is 0 Å². The maximum absolute atomic E-state index is 13.3. The van der Waals surface area contributed by atoms with Gasteiger partial charge in [0.1, 0.15) is 5.82 Å². The highest BCUT2D eigenvalue weighted by atomic mass is 19.1. The minimum atomic E-state index is -1.10. The molecule has 1 saturated heterocycles. The summed E-state index contributed by atoms with van der Waals surface area (Å²) in [5, 5.41) is 9.39. The van der Waals surface area contributed by atoms with Gasteiger partial charge in [0, 0.05) is 6.08 Å². The highest BCUT2D eigenvalue weighted by Gasteiger charge is 2.36. The lowest BCUT2D eigenvalue weighted by atomic mass is 10.0. The van der Waals surface area contributed by atoms with Gasteiger partial charge in [-0.1, -0.05) is 18.2 Å². The van der Waals surface area contributed by atoms with Gasteiger partial charge in [0.15, 0.2) is 0 Å². The first-order valence-electron chi connectivity index (χ1n) is 6.56. The molecule has 2 rings (SSSR count). The van der Waals surface area contributed by atoms with Crippen molar-refractivity contribution in [1.29, 1.82) is 0 Å². The van der Waals surface area contributed by atoms with Crippen LogP contribution >= 0.6 is 0 Å². The summed E-state index contributed by atoms with van der Waals surface area (Å²) >= 11 is 0. The van der Waals surface area contributed by atoms with Crippen LogP contribution in [-0.4, -0.2) is 35.2 Å². The molecule has 1 aromatic rings. The summed E-state index contributed by atoms with van der Waals surface area (Å²) < 4.78 is 17.8. The van der Waals surface area contributed by atoms with E-state index < -0.39 is 30.0 Å². The Morgan fingerprint density at radius 2 is 2.19 bits per heavy atom. The molecule has 0 radical (unpaired) electrons. The average molecular weight is 293 g/mol. The van der Waals surface area contributed by atoms with Crippen molar-refractivity contribution < 1.29 is 23.8 Å². The molecule has 6 heteroatoms. The van der Waals surface area contributed by atoms with Crippen molar-refractivity contribution >= 4 is 12.1 Å². The van der Waals surface area contributed by atoms with Gasteiger partial charge >= 0.3 is 12.1 Å². The van der Waals surface area contributed by atoms with Gasteiger partial charge in [-0.3, -0.25) is 4.90 Å². The number of halogens is 1. The predicted molar refractivity (Wildman–Crippen MR) is 73.2 cm³/mol. The summed E-state index contributed by atoms with van der Waals surface area (Å²) in [7, 11) is 1.26. The molecule has 1 aliphatic rings. The number of carboxylic acid groups (broad SMARTS) is 1. The summed E-state index contributed by atoms with van der Waals surface area (Å²) in [4.78, 5) is 23.8. The number of hydrogen-bond acceptors (Lipinski definition) is 3.